The first kappa shape index (κ1) is 15.1. The lowest BCUT2D eigenvalue weighted by atomic mass is 9.98. The first-order valence-electron chi connectivity index (χ1n) is 6.47. The van der Waals surface area contributed by atoms with Gasteiger partial charge in [-0.2, -0.15) is 0 Å². The minimum atomic E-state index is -0.741. The Bertz CT molecular complexity index is 280. The number of aliphatic carboxylic acids is 1. The maximum absolute atomic E-state index is 10.3. The van der Waals surface area contributed by atoms with Crippen molar-refractivity contribution in [1.29, 1.82) is 0 Å². The number of carboxylic acids is 1. The molecule has 5 heteroatoms. The molecule has 1 aliphatic rings. The first-order chi connectivity index (χ1) is 8.63. The van der Waals surface area contributed by atoms with Gasteiger partial charge in [-0.05, 0) is 26.2 Å². The molecule has 1 aliphatic heterocycles. The minimum Gasteiger partial charge on any atom is -0.481 e. The van der Waals surface area contributed by atoms with Crippen molar-refractivity contribution in [3.8, 4) is 0 Å². The Balaban J connectivity index is 2.20. The van der Waals surface area contributed by atoms with Crippen molar-refractivity contribution < 1.29 is 19.4 Å². The average molecular weight is 257 g/mol. The van der Waals surface area contributed by atoms with Crippen LogP contribution in [0.4, 0.5) is 0 Å². The molecule has 0 aliphatic carbocycles. The van der Waals surface area contributed by atoms with Gasteiger partial charge in [-0.1, -0.05) is 12.2 Å². The van der Waals surface area contributed by atoms with Crippen molar-refractivity contribution in [2.75, 3.05) is 13.2 Å². The van der Waals surface area contributed by atoms with E-state index in [1.807, 2.05) is 13.0 Å². The standard InChI is InChI=1S/C13H23NO4/c1-10-17-9-11(12(8-14)18-10)6-4-2-3-5-7-13(15)16/h2,4,10-12H,3,5-9,14H2,1H3,(H,15,16)/t10-,11+,12+/m1/s1. The molecule has 104 valence electrons. The molecule has 0 aromatic carbocycles. The quantitative estimate of drug-likeness (QED) is 0.534. The molecule has 3 N–H and O–H groups in total. The number of carboxylic acid groups (broad SMARTS) is 1. The zero-order valence-electron chi connectivity index (χ0n) is 10.9. The topological polar surface area (TPSA) is 81.8 Å². The van der Waals surface area contributed by atoms with Crippen molar-refractivity contribution in [2.45, 2.75) is 45.0 Å². The molecule has 1 rings (SSSR count). The molecule has 0 bridgehead atoms. The Morgan fingerprint density at radius 2 is 2.28 bits per heavy atom. The summed E-state index contributed by atoms with van der Waals surface area (Å²) in [5, 5.41) is 8.49. The Hall–Kier alpha value is -0.910. The van der Waals surface area contributed by atoms with Crippen molar-refractivity contribution >= 4 is 5.97 Å². The van der Waals surface area contributed by atoms with Gasteiger partial charge in [0.1, 0.15) is 0 Å². The van der Waals surface area contributed by atoms with Crippen LogP contribution in [0.2, 0.25) is 0 Å². The number of unbranched alkanes of at least 4 members (excludes halogenated alkanes) is 1. The summed E-state index contributed by atoms with van der Waals surface area (Å²) >= 11 is 0. The summed E-state index contributed by atoms with van der Waals surface area (Å²) in [6.45, 7) is 3.05. The fraction of sp³-hybridized carbons (Fsp3) is 0.769. The van der Waals surface area contributed by atoms with E-state index < -0.39 is 5.97 Å². The van der Waals surface area contributed by atoms with E-state index in [9.17, 15) is 4.79 Å². The third-order valence-electron chi connectivity index (χ3n) is 3.04. The predicted octanol–water partition coefficient (Wildman–Crippen LogP) is 1.52. The van der Waals surface area contributed by atoms with Crippen LogP contribution >= 0.6 is 0 Å². The number of hydrogen-bond acceptors (Lipinski definition) is 4. The molecular formula is C13H23NO4. The monoisotopic (exact) mass is 257 g/mol. The molecule has 1 saturated heterocycles. The number of nitrogens with two attached hydrogens (primary N) is 1. The summed E-state index contributed by atoms with van der Waals surface area (Å²) < 4.78 is 11.0. The van der Waals surface area contributed by atoms with Crippen LogP contribution in [-0.2, 0) is 14.3 Å². The summed E-state index contributed by atoms with van der Waals surface area (Å²) in [6, 6.07) is 0. The Morgan fingerprint density at radius 1 is 1.50 bits per heavy atom. The normalized spacial score (nSPS) is 28.7. The van der Waals surface area contributed by atoms with Crippen molar-refractivity contribution in [3.63, 3.8) is 0 Å². The molecule has 0 saturated carbocycles. The molecule has 5 nitrogen and oxygen atoms in total. The average Bonchev–Trinajstić information content (AvgIpc) is 2.34. The molecule has 1 heterocycles. The van der Waals surface area contributed by atoms with Crippen molar-refractivity contribution in [2.24, 2.45) is 11.7 Å². The largest absolute Gasteiger partial charge is 0.481 e. The van der Waals surface area contributed by atoms with Crippen LogP contribution in [0.25, 0.3) is 0 Å². The molecule has 0 spiro atoms. The van der Waals surface area contributed by atoms with Gasteiger partial charge in [-0.25, -0.2) is 0 Å². The smallest absolute Gasteiger partial charge is 0.303 e. The van der Waals surface area contributed by atoms with Crippen LogP contribution in [-0.4, -0.2) is 36.6 Å². The second kappa shape index (κ2) is 8.24. The maximum Gasteiger partial charge on any atom is 0.303 e. The van der Waals surface area contributed by atoms with Crippen LogP contribution in [0.3, 0.4) is 0 Å². The number of ether oxygens (including phenoxy) is 2. The summed E-state index contributed by atoms with van der Waals surface area (Å²) in [6.07, 6.45) is 6.54. The van der Waals surface area contributed by atoms with Crippen molar-refractivity contribution in [3.05, 3.63) is 12.2 Å². The first-order valence-corrected chi connectivity index (χ1v) is 6.47. The number of rotatable bonds is 7. The highest BCUT2D eigenvalue weighted by Gasteiger charge is 2.27. The number of carbonyl (C=O) groups is 1. The van der Waals surface area contributed by atoms with Gasteiger partial charge in [0.25, 0.3) is 0 Å². The SMILES string of the molecule is C[C@@H]1OC[C@H](CC=CCCCC(=O)O)[C@H](CN)O1. The fourth-order valence-electron chi connectivity index (χ4n) is 1.99. The molecule has 0 radical (unpaired) electrons. The van der Waals surface area contributed by atoms with Crippen LogP contribution in [0.5, 0.6) is 0 Å². The van der Waals surface area contributed by atoms with Gasteiger partial charge >= 0.3 is 5.97 Å². The summed E-state index contributed by atoms with van der Waals surface area (Å²) in [4.78, 5) is 10.3. The van der Waals surface area contributed by atoms with Crippen LogP contribution in [0.15, 0.2) is 12.2 Å². The molecule has 1 fully saturated rings. The Kier molecular flexibility index (Phi) is 6.93. The highest BCUT2D eigenvalue weighted by molar-refractivity contribution is 5.66. The van der Waals surface area contributed by atoms with E-state index in [1.54, 1.807) is 0 Å². The van der Waals surface area contributed by atoms with Crippen LogP contribution in [0, 0.1) is 5.92 Å². The van der Waals surface area contributed by atoms with Crippen LogP contribution < -0.4 is 5.73 Å². The third kappa shape index (κ3) is 5.62. The molecule has 3 atom stereocenters. The minimum absolute atomic E-state index is 0.0532. The van der Waals surface area contributed by atoms with Gasteiger partial charge in [0.05, 0.1) is 12.7 Å². The highest BCUT2D eigenvalue weighted by Crippen LogP contribution is 2.21. The van der Waals surface area contributed by atoms with Crippen molar-refractivity contribution in [1.82, 2.24) is 0 Å². The molecule has 0 unspecified atom stereocenters. The van der Waals surface area contributed by atoms with E-state index in [1.165, 1.54) is 0 Å². The van der Waals surface area contributed by atoms with Gasteiger partial charge in [-0.3, -0.25) is 4.79 Å². The van der Waals surface area contributed by atoms with E-state index in [0.717, 1.165) is 12.8 Å². The van der Waals surface area contributed by atoms with Gasteiger partial charge < -0.3 is 20.3 Å². The second-order valence-corrected chi connectivity index (χ2v) is 4.56. The Morgan fingerprint density at radius 3 is 2.94 bits per heavy atom. The highest BCUT2D eigenvalue weighted by atomic mass is 16.7. The number of hydrogen-bond donors (Lipinski definition) is 2. The second-order valence-electron chi connectivity index (χ2n) is 4.56. The van der Waals surface area contributed by atoms with Gasteiger partial charge in [0.2, 0.25) is 0 Å². The lowest BCUT2D eigenvalue weighted by molar-refractivity contribution is -0.223. The Labute approximate surface area is 108 Å². The molecule has 0 aromatic rings. The summed E-state index contributed by atoms with van der Waals surface area (Å²) in [5.74, 6) is -0.448. The zero-order valence-corrected chi connectivity index (χ0v) is 10.9. The predicted molar refractivity (Wildman–Crippen MR) is 68.1 cm³/mol. The van der Waals surface area contributed by atoms with Gasteiger partial charge in [0.15, 0.2) is 6.29 Å². The molecule has 18 heavy (non-hydrogen) atoms. The number of allylic oxidation sites excluding steroid dienone is 2. The van der Waals surface area contributed by atoms with E-state index in [-0.39, 0.29) is 18.8 Å². The van der Waals surface area contributed by atoms with Gasteiger partial charge in [0, 0.05) is 18.9 Å². The third-order valence-corrected chi connectivity index (χ3v) is 3.04. The fourth-order valence-corrected chi connectivity index (χ4v) is 1.99. The molecule has 0 aromatic heterocycles. The van der Waals surface area contributed by atoms with E-state index >= 15 is 0 Å². The van der Waals surface area contributed by atoms with E-state index in [0.29, 0.717) is 25.5 Å². The van der Waals surface area contributed by atoms with Gasteiger partial charge in [-0.15, -0.1) is 0 Å². The lowest BCUT2D eigenvalue weighted by Gasteiger charge is -2.34. The van der Waals surface area contributed by atoms with E-state index in [4.69, 9.17) is 20.3 Å². The zero-order chi connectivity index (χ0) is 13.4. The maximum atomic E-state index is 10.3. The summed E-state index contributed by atoms with van der Waals surface area (Å²) in [5.41, 5.74) is 5.67. The lowest BCUT2D eigenvalue weighted by Crippen LogP contribution is -2.42. The summed E-state index contributed by atoms with van der Waals surface area (Å²) in [7, 11) is 0. The molecule has 0 amide bonds. The molecular weight excluding hydrogens is 234 g/mol. The van der Waals surface area contributed by atoms with Crippen LogP contribution in [0.1, 0.15) is 32.6 Å². The van der Waals surface area contributed by atoms with E-state index in [2.05, 4.69) is 6.08 Å².